The van der Waals surface area contributed by atoms with Crippen LogP contribution in [0.1, 0.15) is 15.9 Å². The highest BCUT2D eigenvalue weighted by Crippen LogP contribution is 2.25. The molecule has 0 aromatic heterocycles. The number of carbonyl (C=O) groups excluding carboxylic acids is 1. The standard InChI is InChI=1S/C14H9Br2F2NO2/c15-10-3-8(17)2-1-7(10)6-21-14(20)9-4-13(19)12(18)5-11(9)16/h1-5H,6,19H2. The van der Waals surface area contributed by atoms with Gasteiger partial charge in [-0.3, -0.25) is 0 Å². The van der Waals surface area contributed by atoms with E-state index >= 15 is 0 Å². The Kier molecular flexibility index (Phi) is 4.95. The van der Waals surface area contributed by atoms with Gasteiger partial charge in [-0.2, -0.15) is 0 Å². The summed E-state index contributed by atoms with van der Waals surface area (Å²) in [7, 11) is 0. The zero-order valence-corrected chi connectivity index (χ0v) is 13.7. The molecular weight excluding hydrogens is 412 g/mol. The van der Waals surface area contributed by atoms with E-state index < -0.39 is 17.6 Å². The lowest BCUT2D eigenvalue weighted by atomic mass is 10.2. The second-order valence-electron chi connectivity index (χ2n) is 4.17. The number of hydrogen-bond acceptors (Lipinski definition) is 3. The fraction of sp³-hybridized carbons (Fsp3) is 0.0714. The van der Waals surface area contributed by atoms with Gasteiger partial charge in [0.15, 0.2) is 0 Å². The number of nitrogen functional groups attached to an aromatic ring is 1. The van der Waals surface area contributed by atoms with Gasteiger partial charge < -0.3 is 10.5 Å². The van der Waals surface area contributed by atoms with Crippen molar-refractivity contribution in [2.75, 3.05) is 5.73 Å². The van der Waals surface area contributed by atoms with Crippen molar-refractivity contribution in [2.45, 2.75) is 6.61 Å². The number of nitrogens with two attached hydrogens (primary N) is 1. The van der Waals surface area contributed by atoms with Crippen LogP contribution >= 0.6 is 31.9 Å². The van der Waals surface area contributed by atoms with Crippen molar-refractivity contribution >= 4 is 43.5 Å². The Labute approximate surface area is 136 Å². The van der Waals surface area contributed by atoms with Crippen molar-refractivity contribution in [2.24, 2.45) is 0 Å². The lowest BCUT2D eigenvalue weighted by Gasteiger charge is -2.09. The monoisotopic (exact) mass is 419 g/mol. The molecule has 0 aliphatic carbocycles. The van der Waals surface area contributed by atoms with Crippen LogP contribution in [0.4, 0.5) is 14.5 Å². The van der Waals surface area contributed by atoms with Crippen LogP contribution in [0.2, 0.25) is 0 Å². The number of halogens is 4. The molecule has 2 N–H and O–H groups in total. The van der Waals surface area contributed by atoms with Crippen LogP contribution in [0, 0.1) is 11.6 Å². The molecule has 0 saturated heterocycles. The summed E-state index contributed by atoms with van der Waals surface area (Å²) in [6, 6.07) is 6.33. The molecule has 0 amide bonds. The minimum Gasteiger partial charge on any atom is -0.457 e. The third kappa shape index (κ3) is 3.79. The van der Waals surface area contributed by atoms with E-state index in [9.17, 15) is 13.6 Å². The van der Waals surface area contributed by atoms with Crippen LogP contribution < -0.4 is 5.73 Å². The van der Waals surface area contributed by atoms with E-state index in [4.69, 9.17) is 10.5 Å². The van der Waals surface area contributed by atoms with Crippen molar-refractivity contribution in [1.82, 2.24) is 0 Å². The third-order valence-electron chi connectivity index (χ3n) is 2.68. The SMILES string of the molecule is Nc1cc(C(=O)OCc2ccc(F)cc2Br)c(Br)cc1F. The zero-order chi connectivity index (χ0) is 15.6. The summed E-state index contributed by atoms with van der Waals surface area (Å²) in [5.74, 6) is -1.68. The summed E-state index contributed by atoms with van der Waals surface area (Å²) in [6.45, 7) is -0.0522. The van der Waals surface area contributed by atoms with Gasteiger partial charge in [-0.25, -0.2) is 13.6 Å². The maximum absolute atomic E-state index is 13.2. The minimum atomic E-state index is -0.662. The summed E-state index contributed by atoms with van der Waals surface area (Å²) in [6.07, 6.45) is 0. The van der Waals surface area contributed by atoms with Crippen LogP contribution in [0.3, 0.4) is 0 Å². The van der Waals surface area contributed by atoms with Crippen LogP contribution in [-0.2, 0) is 11.3 Å². The number of hydrogen-bond donors (Lipinski definition) is 1. The molecule has 21 heavy (non-hydrogen) atoms. The fourth-order valence-corrected chi connectivity index (χ4v) is 2.52. The maximum atomic E-state index is 13.2. The normalized spacial score (nSPS) is 10.5. The Bertz CT molecular complexity index is 708. The third-order valence-corrected chi connectivity index (χ3v) is 4.07. The van der Waals surface area contributed by atoms with E-state index in [0.717, 1.165) is 6.07 Å². The smallest absolute Gasteiger partial charge is 0.339 e. The maximum Gasteiger partial charge on any atom is 0.339 e. The number of ether oxygens (including phenoxy) is 1. The molecule has 0 atom stereocenters. The molecule has 3 nitrogen and oxygen atoms in total. The fourth-order valence-electron chi connectivity index (χ4n) is 1.58. The molecule has 2 rings (SSSR count). The molecule has 0 aliphatic heterocycles. The first-order valence-electron chi connectivity index (χ1n) is 5.74. The van der Waals surface area contributed by atoms with E-state index in [-0.39, 0.29) is 22.3 Å². The van der Waals surface area contributed by atoms with Gasteiger partial charge in [-0.15, -0.1) is 0 Å². The second-order valence-corrected chi connectivity index (χ2v) is 5.87. The van der Waals surface area contributed by atoms with Gasteiger partial charge in [0.1, 0.15) is 18.2 Å². The Hall–Kier alpha value is -1.47. The van der Waals surface area contributed by atoms with Gasteiger partial charge in [0, 0.05) is 14.5 Å². The number of esters is 1. The van der Waals surface area contributed by atoms with Crippen molar-refractivity contribution in [3.8, 4) is 0 Å². The lowest BCUT2D eigenvalue weighted by Crippen LogP contribution is -2.08. The molecule has 0 saturated carbocycles. The number of anilines is 1. The van der Waals surface area contributed by atoms with Gasteiger partial charge in [-0.05, 0) is 40.2 Å². The largest absolute Gasteiger partial charge is 0.457 e. The van der Waals surface area contributed by atoms with Gasteiger partial charge in [0.25, 0.3) is 0 Å². The van der Waals surface area contributed by atoms with E-state index in [1.807, 2.05) is 0 Å². The summed E-state index contributed by atoms with van der Waals surface area (Å²) in [5, 5.41) is 0. The predicted molar refractivity (Wildman–Crippen MR) is 81.7 cm³/mol. The van der Waals surface area contributed by atoms with Crippen LogP contribution in [0.15, 0.2) is 39.3 Å². The molecule has 0 bridgehead atoms. The average molecular weight is 421 g/mol. The van der Waals surface area contributed by atoms with Crippen molar-refractivity contribution in [1.29, 1.82) is 0 Å². The van der Waals surface area contributed by atoms with Gasteiger partial charge in [-0.1, -0.05) is 22.0 Å². The molecule has 0 unspecified atom stereocenters. The predicted octanol–water partition coefficient (Wildman–Crippen LogP) is 4.43. The van der Waals surface area contributed by atoms with E-state index in [2.05, 4.69) is 31.9 Å². The Morgan fingerprint density at radius 1 is 1.14 bits per heavy atom. The summed E-state index contributed by atoms with van der Waals surface area (Å²) in [5.41, 5.74) is 6.00. The molecular formula is C14H9Br2F2NO2. The highest BCUT2D eigenvalue weighted by molar-refractivity contribution is 9.10. The van der Waals surface area contributed by atoms with E-state index in [0.29, 0.717) is 10.0 Å². The molecule has 7 heteroatoms. The van der Waals surface area contributed by atoms with Crippen LogP contribution in [0.5, 0.6) is 0 Å². The lowest BCUT2D eigenvalue weighted by molar-refractivity contribution is 0.0471. The summed E-state index contributed by atoms with van der Waals surface area (Å²) in [4.78, 5) is 12.0. The average Bonchev–Trinajstić information content (AvgIpc) is 2.41. The number of carbonyl (C=O) groups is 1. The van der Waals surface area contributed by atoms with E-state index in [1.54, 1.807) is 0 Å². The Morgan fingerprint density at radius 3 is 2.52 bits per heavy atom. The van der Waals surface area contributed by atoms with Gasteiger partial charge in [0.05, 0.1) is 11.3 Å². The van der Waals surface area contributed by atoms with Gasteiger partial charge >= 0.3 is 5.97 Å². The van der Waals surface area contributed by atoms with Crippen molar-refractivity contribution in [3.05, 3.63) is 62.0 Å². The number of benzene rings is 2. The first kappa shape index (κ1) is 15.9. The molecule has 2 aromatic carbocycles. The van der Waals surface area contributed by atoms with Gasteiger partial charge in [0.2, 0.25) is 0 Å². The topological polar surface area (TPSA) is 52.3 Å². The summed E-state index contributed by atoms with van der Waals surface area (Å²) >= 11 is 6.26. The molecule has 110 valence electrons. The Balaban J connectivity index is 2.13. The van der Waals surface area contributed by atoms with Crippen molar-refractivity contribution in [3.63, 3.8) is 0 Å². The molecule has 0 radical (unpaired) electrons. The van der Waals surface area contributed by atoms with Crippen LogP contribution in [-0.4, -0.2) is 5.97 Å². The first-order valence-corrected chi connectivity index (χ1v) is 7.32. The quantitative estimate of drug-likeness (QED) is 0.590. The molecule has 0 aliphatic rings. The Morgan fingerprint density at radius 2 is 1.86 bits per heavy atom. The molecule has 0 spiro atoms. The zero-order valence-electron chi connectivity index (χ0n) is 10.5. The van der Waals surface area contributed by atoms with Crippen molar-refractivity contribution < 1.29 is 18.3 Å². The second kappa shape index (κ2) is 6.53. The molecule has 0 fully saturated rings. The highest BCUT2D eigenvalue weighted by Gasteiger charge is 2.15. The first-order chi connectivity index (χ1) is 9.88. The van der Waals surface area contributed by atoms with Crippen LogP contribution in [0.25, 0.3) is 0 Å². The summed E-state index contributed by atoms with van der Waals surface area (Å²) < 4.78 is 32.0. The minimum absolute atomic E-state index is 0.0522. The number of rotatable bonds is 3. The van der Waals surface area contributed by atoms with E-state index in [1.165, 1.54) is 24.3 Å². The molecule has 0 heterocycles. The highest BCUT2D eigenvalue weighted by atomic mass is 79.9. The molecule has 2 aromatic rings.